The first kappa shape index (κ1) is 23.0. The molecule has 176 valence electrons. The van der Waals surface area contributed by atoms with Crippen LogP contribution in [0.4, 0.5) is 5.69 Å². The lowest BCUT2D eigenvalue weighted by atomic mass is 10.1. The van der Waals surface area contributed by atoms with E-state index in [2.05, 4.69) is 15.6 Å². The number of hydrogen-bond acceptors (Lipinski definition) is 7. The average Bonchev–Trinajstić information content (AvgIpc) is 3.53. The number of furan rings is 1. The maximum Gasteiger partial charge on any atom is 0.251 e. The fourth-order valence-electron chi connectivity index (χ4n) is 3.68. The molecule has 0 spiro atoms. The summed E-state index contributed by atoms with van der Waals surface area (Å²) < 4.78 is 17.7. The Hall–Kier alpha value is -4.18. The number of nitrogens with one attached hydrogen (secondary N) is 1. The molecule has 34 heavy (non-hydrogen) atoms. The zero-order valence-electron chi connectivity index (χ0n) is 18.9. The number of carbonyl (C=O) groups excluding carboxylic acids is 2. The highest BCUT2D eigenvalue weighted by molar-refractivity contribution is 6.02. The summed E-state index contributed by atoms with van der Waals surface area (Å²) in [6.07, 6.45) is 1.46. The largest absolute Gasteiger partial charge is 0.495 e. The summed E-state index contributed by atoms with van der Waals surface area (Å²) in [6.45, 7) is 0.444. The molecular weight excluding hydrogens is 438 g/mol. The lowest BCUT2D eigenvalue weighted by Crippen LogP contribution is -2.46. The molecule has 2 amide bonds. The summed E-state index contributed by atoms with van der Waals surface area (Å²) in [5.74, 6) is -0.0867. The van der Waals surface area contributed by atoms with Gasteiger partial charge in [-0.15, -0.1) is 5.10 Å². The van der Waals surface area contributed by atoms with Gasteiger partial charge in [0.05, 0.1) is 31.2 Å². The molecule has 2 aromatic heterocycles. The molecule has 0 aliphatic carbocycles. The molecule has 0 bridgehead atoms. The maximum atomic E-state index is 13.8. The van der Waals surface area contributed by atoms with E-state index in [4.69, 9.17) is 13.9 Å². The average molecular weight is 463 g/mol. The number of anilines is 1. The minimum absolute atomic E-state index is 0.152. The number of para-hydroxylation sites is 3. The maximum absolute atomic E-state index is 13.8. The van der Waals surface area contributed by atoms with Gasteiger partial charge < -0.3 is 19.2 Å². The quantitative estimate of drug-likeness (QED) is 0.360. The van der Waals surface area contributed by atoms with Crippen LogP contribution in [0.2, 0.25) is 0 Å². The van der Waals surface area contributed by atoms with Crippen molar-refractivity contribution in [1.82, 2.24) is 20.3 Å². The molecule has 2 aromatic carbocycles. The lowest BCUT2D eigenvalue weighted by molar-refractivity contribution is -0.127. The summed E-state index contributed by atoms with van der Waals surface area (Å²) in [5, 5.41) is 11.1. The third-order valence-electron chi connectivity index (χ3n) is 5.24. The van der Waals surface area contributed by atoms with E-state index < -0.39 is 17.9 Å². The predicted molar refractivity (Wildman–Crippen MR) is 124 cm³/mol. The number of aromatic nitrogens is 3. The van der Waals surface area contributed by atoms with E-state index in [9.17, 15) is 9.59 Å². The Kier molecular flexibility index (Phi) is 7.19. The van der Waals surface area contributed by atoms with Crippen LogP contribution in [0.15, 0.2) is 71.3 Å². The number of rotatable bonds is 10. The van der Waals surface area contributed by atoms with Crippen LogP contribution in [0.5, 0.6) is 5.75 Å². The van der Waals surface area contributed by atoms with E-state index in [1.54, 1.807) is 43.5 Å². The van der Waals surface area contributed by atoms with Crippen LogP contribution in [0.3, 0.4) is 0 Å². The molecule has 10 heteroatoms. The number of ether oxygens (including phenoxy) is 2. The fourth-order valence-corrected chi connectivity index (χ4v) is 3.68. The van der Waals surface area contributed by atoms with Crippen molar-refractivity contribution in [2.45, 2.75) is 12.6 Å². The third-order valence-corrected chi connectivity index (χ3v) is 5.24. The van der Waals surface area contributed by atoms with Gasteiger partial charge in [0.2, 0.25) is 5.91 Å². The van der Waals surface area contributed by atoms with Crippen LogP contribution in [-0.4, -0.2) is 54.2 Å². The fraction of sp³-hybridized carbons (Fsp3) is 0.250. The monoisotopic (exact) mass is 463 g/mol. The number of methoxy groups -OCH3 is 2. The van der Waals surface area contributed by atoms with E-state index in [0.29, 0.717) is 34.8 Å². The van der Waals surface area contributed by atoms with Gasteiger partial charge >= 0.3 is 0 Å². The Labute approximate surface area is 196 Å². The standard InChI is InChI=1S/C24H25N5O5/c1-32-15-13-25-24(31)23(21-12-7-14-34-21)29(19-10-5-6-11-20(19)33-2)22(30)16-28-18-9-4-3-8-17(18)26-27-28/h3-12,14,23H,13,15-16H2,1-2H3,(H,25,31)/t23-/m0/s1. The van der Waals surface area contributed by atoms with Gasteiger partial charge in [0.25, 0.3) is 5.91 Å². The van der Waals surface area contributed by atoms with Crippen molar-refractivity contribution in [2.75, 3.05) is 32.3 Å². The van der Waals surface area contributed by atoms with E-state index >= 15 is 0 Å². The van der Waals surface area contributed by atoms with Crippen molar-refractivity contribution < 1.29 is 23.5 Å². The van der Waals surface area contributed by atoms with Crippen LogP contribution in [-0.2, 0) is 20.9 Å². The number of benzene rings is 2. The molecule has 1 N–H and O–H groups in total. The van der Waals surface area contributed by atoms with Crippen molar-refractivity contribution in [3.05, 3.63) is 72.7 Å². The van der Waals surface area contributed by atoms with Crippen LogP contribution >= 0.6 is 0 Å². The summed E-state index contributed by atoms with van der Waals surface area (Å²) in [6, 6.07) is 16.6. The first-order chi connectivity index (χ1) is 16.6. The Bertz CT molecular complexity index is 1250. The molecule has 0 unspecified atom stereocenters. The van der Waals surface area contributed by atoms with Gasteiger partial charge in [0.15, 0.2) is 6.04 Å². The van der Waals surface area contributed by atoms with Gasteiger partial charge in [0, 0.05) is 13.7 Å². The molecule has 0 saturated heterocycles. The van der Waals surface area contributed by atoms with Gasteiger partial charge in [-0.25, -0.2) is 4.68 Å². The van der Waals surface area contributed by atoms with Crippen LogP contribution < -0.4 is 15.0 Å². The van der Waals surface area contributed by atoms with Gasteiger partial charge in [-0.1, -0.05) is 29.5 Å². The van der Waals surface area contributed by atoms with Gasteiger partial charge in [0.1, 0.15) is 23.6 Å². The second kappa shape index (κ2) is 10.6. The second-order valence-electron chi connectivity index (χ2n) is 7.37. The minimum Gasteiger partial charge on any atom is -0.495 e. The highest BCUT2D eigenvalue weighted by Crippen LogP contribution is 2.35. The molecule has 0 radical (unpaired) electrons. The normalized spacial score (nSPS) is 11.8. The number of carbonyl (C=O) groups is 2. The summed E-state index contributed by atoms with van der Waals surface area (Å²) >= 11 is 0. The van der Waals surface area contributed by atoms with Gasteiger partial charge in [-0.2, -0.15) is 0 Å². The van der Waals surface area contributed by atoms with Crippen molar-refractivity contribution in [3.63, 3.8) is 0 Å². The molecule has 4 aromatic rings. The highest BCUT2D eigenvalue weighted by Gasteiger charge is 2.36. The zero-order chi connectivity index (χ0) is 23.9. The smallest absolute Gasteiger partial charge is 0.251 e. The molecule has 0 aliphatic heterocycles. The Morgan fingerprint density at radius 3 is 2.65 bits per heavy atom. The Balaban J connectivity index is 1.77. The number of hydrogen-bond donors (Lipinski definition) is 1. The van der Waals surface area contributed by atoms with Gasteiger partial charge in [-0.05, 0) is 36.4 Å². The van der Waals surface area contributed by atoms with E-state index in [1.807, 2.05) is 24.3 Å². The molecule has 0 aliphatic rings. The Morgan fingerprint density at radius 2 is 1.88 bits per heavy atom. The van der Waals surface area contributed by atoms with Crippen LogP contribution in [0, 0.1) is 0 Å². The first-order valence-electron chi connectivity index (χ1n) is 10.7. The number of nitrogens with zero attached hydrogens (tertiary/aromatic N) is 4. The molecule has 1 atom stereocenters. The van der Waals surface area contributed by atoms with E-state index in [0.717, 1.165) is 0 Å². The molecule has 2 heterocycles. The van der Waals surface area contributed by atoms with Crippen molar-refractivity contribution in [2.24, 2.45) is 0 Å². The minimum atomic E-state index is -1.09. The zero-order valence-corrected chi connectivity index (χ0v) is 18.9. The van der Waals surface area contributed by atoms with Crippen LogP contribution in [0.25, 0.3) is 11.0 Å². The molecule has 4 rings (SSSR count). The SMILES string of the molecule is COCCNC(=O)[C@H](c1ccco1)N(C(=O)Cn1nnc2ccccc21)c1ccccc1OC. The number of amides is 2. The second-order valence-corrected chi connectivity index (χ2v) is 7.37. The van der Waals surface area contributed by atoms with Crippen molar-refractivity contribution in [3.8, 4) is 5.75 Å². The van der Waals surface area contributed by atoms with Crippen LogP contribution in [0.1, 0.15) is 11.8 Å². The molecule has 0 saturated carbocycles. The Morgan fingerprint density at radius 1 is 1.09 bits per heavy atom. The van der Waals surface area contributed by atoms with E-state index in [1.165, 1.54) is 23.0 Å². The predicted octanol–water partition coefficient (Wildman–Crippen LogP) is 2.57. The molecule has 0 fully saturated rings. The summed E-state index contributed by atoms with van der Waals surface area (Å²) in [4.78, 5) is 28.6. The highest BCUT2D eigenvalue weighted by atomic mass is 16.5. The summed E-state index contributed by atoms with van der Waals surface area (Å²) in [5.41, 5.74) is 1.79. The number of fused-ring (bicyclic) bond motifs is 1. The first-order valence-corrected chi connectivity index (χ1v) is 10.7. The van der Waals surface area contributed by atoms with Crippen molar-refractivity contribution in [1.29, 1.82) is 0 Å². The third kappa shape index (κ3) is 4.76. The van der Waals surface area contributed by atoms with Gasteiger partial charge in [-0.3, -0.25) is 14.5 Å². The van der Waals surface area contributed by atoms with Crippen molar-refractivity contribution >= 4 is 28.5 Å². The molecule has 10 nitrogen and oxygen atoms in total. The lowest BCUT2D eigenvalue weighted by Gasteiger charge is -2.31. The molecular formula is C24H25N5O5. The van der Waals surface area contributed by atoms with E-state index in [-0.39, 0.29) is 13.1 Å². The summed E-state index contributed by atoms with van der Waals surface area (Å²) in [7, 11) is 3.05. The topological polar surface area (TPSA) is 112 Å².